The van der Waals surface area contributed by atoms with E-state index in [1.165, 1.54) is 11.1 Å². The molecule has 4 nitrogen and oxygen atoms in total. The van der Waals surface area contributed by atoms with Crippen LogP contribution in [0.4, 0.5) is 0 Å². The highest BCUT2D eigenvalue weighted by Crippen LogP contribution is 2.57. The summed E-state index contributed by atoms with van der Waals surface area (Å²) < 4.78 is 12.2. The Morgan fingerprint density at radius 2 is 2.22 bits per heavy atom. The minimum atomic E-state index is -0.521. The molecule has 3 aliphatic heterocycles. The van der Waals surface area contributed by atoms with E-state index in [4.69, 9.17) is 9.47 Å². The van der Waals surface area contributed by atoms with Gasteiger partial charge < -0.3 is 19.5 Å². The largest absolute Gasteiger partial charge is 0.490 e. The molecule has 0 spiro atoms. The lowest BCUT2D eigenvalue weighted by Gasteiger charge is -2.52. The highest BCUT2D eigenvalue weighted by molar-refractivity contribution is 5.56. The molecule has 6 atom stereocenters. The van der Waals surface area contributed by atoms with Crippen molar-refractivity contribution in [3.05, 3.63) is 35.4 Å². The Bertz CT molecular complexity index is 685. The van der Waals surface area contributed by atoms with Crippen LogP contribution in [0.25, 0.3) is 0 Å². The smallest absolute Gasteiger partial charge is 0.165 e. The van der Waals surface area contributed by atoms with Crippen LogP contribution < -0.4 is 9.47 Å². The summed E-state index contributed by atoms with van der Waals surface area (Å²) in [5.41, 5.74) is 2.75. The minimum absolute atomic E-state index is 0.147. The van der Waals surface area contributed by atoms with Crippen LogP contribution in [0.15, 0.2) is 24.3 Å². The normalized spacial score (nSPS) is 39.8. The average molecular weight is 313 g/mol. The molecule has 2 aliphatic carbocycles. The molecular weight excluding hydrogens is 290 g/mol. The van der Waals surface area contributed by atoms with Gasteiger partial charge in [0, 0.05) is 30.0 Å². The number of ether oxygens (including phenoxy) is 2. The van der Waals surface area contributed by atoms with Crippen LogP contribution in [-0.2, 0) is 6.42 Å². The Kier molecular flexibility index (Phi) is 2.86. The number of hydrogen-bond donors (Lipinski definition) is 1. The fourth-order valence-electron chi connectivity index (χ4n) is 5.35. The quantitative estimate of drug-likeness (QED) is 0.848. The molecule has 4 heteroatoms. The molecule has 0 aromatic heterocycles. The van der Waals surface area contributed by atoms with Crippen LogP contribution in [0, 0.1) is 11.8 Å². The molecule has 1 fully saturated rings. The number of nitrogens with zero attached hydrogens (tertiary/aromatic N) is 1. The second kappa shape index (κ2) is 4.74. The monoisotopic (exact) mass is 313 g/mol. The first kappa shape index (κ1) is 13.9. The molecule has 4 bridgehead atoms. The second-order valence-corrected chi connectivity index (χ2v) is 7.33. The average Bonchev–Trinajstić information content (AvgIpc) is 2.76. The van der Waals surface area contributed by atoms with Crippen LogP contribution in [0.2, 0.25) is 0 Å². The number of piperidine rings is 1. The van der Waals surface area contributed by atoms with E-state index < -0.39 is 6.10 Å². The number of benzene rings is 1. The topological polar surface area (TPSA) is 41.9 Å². The SMILES string of the molecule is CCOc1ccc2c3c1O[C@@H]1C4C3CN(C)[C@H](C2)[C@@H]4C=C[C@@H]1O. The summed E-state index contributed by atoms with van der Waals surface area (Å²) in [5.74, 6) is 2.98. The Balaban J connectivity index is 1.75. The Hall–Kier alpha value is -1.52. The maximum atomic E-state index is 10.5. The van der Waals surface area contributed by atoms with Crippen molar-refractivity contribution in [3.63, 3.8) is 0 Å². The molecule has 0 radical (unpaired) electrons. The molecule has 2 unspecified atom stereocenters. The van der Waals surface area contributed by atoms with Gasteiger partial charge in [-0.2, -0.15) is 0 Å². The van der Waals surface area contributed by atoms with E-state index >= 15 is 0 Å². The van der Waals surface area contributed by atoms with Gasteiger partial charge in [-0.25, -0.2) is 0 Å². The molecule has 0 amide bonds. The maximum absolute atomic E-state index is 10.5. The summed E-state index contributed by atoms with van der Waals surface area (Å²) in [6.45, 7) is 3.67. The van der Waals surface area contributed by atoms with Gasteiger partial charge >= 0.3 is 0 Å². The lowest BCUT2D eigenvalue weighted by Crippen LogP contribution is -2.58. The predicted molar refractivity (Wildman–Crippen MR) is 87.0 cm³/mol. The first-order valence-electron chi connectivity index (χ1n) is 8.71. The zero-order valence-corrected chi connectivity index (χ0v) is 13.6. The molecule has 0 saturated carbocycles. The van der Waals surface area contributed by atoms with E-state index in [2.05, 4.69) is 24.1 Å². The summed E-state index contributed by atoms with van der Waals surface area (Å²) in [7, 11) is 2.24. The van der Waals surface area contributed by atoms with Gasteiger partial charge in [0.05, 0.1) is 6.61 Å². The molecule has 3 heterocycles. The third-order valence-corrected chi connectivity index (χ3v) is 6.25. The maximum Gasteiger partial charge on any atom is 0.165 e. The molecule has 23 heavy (non-hydrogen) atoms. The summed E-state index contributed by atoms with van der Waals surface area (Å²) >= 11 is 0. The zero-order valence-electron chi connectivity index (χ0n) is 13.6. The van der Waals surface area contributed by atoms with Crippen LogP contribution in [-0.4, -0.2) is 48.5 Å². The number of rotatable bonds is 2. The third-order valence-electron chi connectivity index (χ3n) is 6.25. The standard InChI is InChI=1S/C19H23NO3/c1-3-22-15-7-4-10-8-13-11-5-6-14(21)18-17(11)12(9-20(13)2)16(10)19(15)23-18/h4-7,11-14,17-18,21H,3,8-9H2,1-2H3/t11-,12?,13+,14-,17?,18-/m0/s1. The molecule has 5 aliphatic rings. The zero-order chi connectivity index (χ0) is 15.7. The van der Waals surface area contributed by atoms with Gasteiger partial charge in [0.1, 0.15) is 12.2 Å². The highest BCUT2D eigenvalue weighted by atomic mass is 16.5. The summed E-state index contributed by atoms with van der Waals surface area (Å²) in [6, 6.07) is 4.77. The van der Waals surface area contributed by atoms with Crippen molar-refractivity contribution in [2.75, 3.05) is 20.2 Å². The van der Waals surface area contributed by atoms with Crippen molar-refractivity contribution < 1.29 is 14.6 Å². The van der Waals surface area contributed by atoms with Crippen molar-refractivity contribution >= 4 is 0 Å². The van der Waals surface area contributed by atoms with E-state index in [1.54, 1.807) is 0 Å². The number of aliphatic hydroxyl groups is 1. The van der Waals surface area contributed by atoms with Crippen molar-refractivity contribution in [2.24, 2.45) is 11.8 Å². The molecule has 122 valence electrons. The number of hydrogen-bond acceptors (Lipinski definition) is 4. The Morgan fingerprint density at radius 1 is 1.35 bits per heavy atom. The predicted octanol–water partition coefficient (Wildman–Crippen LogP) is 1.96. The Labute approximate surface area is 136 Å². The number of fused-ring (bicyclic) bond motifs is 1. The van der Waals surface area contributed by atoms with Crippen LogP contribution >= 0.6 is 0 Å². The first-order valence-corrected chi connectivity index (χ1v) is 8.71. The van der Waals surface area contributed by atoms with Crippen molar-refractivity contribution in [1.29, 1.82) is 0 Å². The summed E-state index contributed by atoms with van der Waals surface area (Å²) in [4.78, 5) is 2.50. The molecular formula is C19H23NO3. The molecule has 1 N–H and O–H groups in total. The molecule has 1 saturated heterocycles. The third kappa shape index (κ3) is 1.74. The summed E-state index contributed by atoms with van der Waals surface area (Å²) in [5, 5.41) is 10.5. The Morgan fingerprint density at radius 3 is 3.04 bits per heavy atom. The van der Waals surface area contributed by atoms with E-state index in [0.29, 0.717) is 30.4 Å². The van der Waals surface area contributed by atoms with Gasteiger partial charge in [0.25, 0.3) is 0 Å². The van der Waals surface area contributed by atoms with Crippen molar-refractivity contribution in [2.45, 2.75) is 37.5 Å². The first-order chi connectivity index (χ1) is 11.2. The molecule has 6 rings (SSSR count). The van der Waals surface area contributed by atoms with Crippen LogP contribution in [0.1, 0.15) is 24.0 Å². The fourth-order valence-corrected chi connectivity index (χ4v) is 5.35. The van der Waals surface area contributed by atoms with Crippen molar-refractivity contribution in [3.8, 4) is 11.5 Å². The van der Waals surface area contributed by atoms with Crippen molar-refractivity contribution in [1.82, 2.24) is 4.90 Å². The van der Waals surface area contributed by atoms with Gasteiger partial charge in [0.15, 0.2) is 11.5 Å². The fraction of sp³-hybridized carbons (Fsp3) is 0.579. The summed E-state index contributed by atoms with van der Waals surface area (Å²) in [6.07, 6.45) is 4.56. The van der Waals surface area contributed by atoms with E-state index in [9.17, 15) is 5.11 Å². The van der Waals surface area contributed by atoms with Gasteiger partial charge in [-0.1, -0.05) is 18.2 Å². The molecule has 1 aromatic rings. The van der Waals surface area contributed by atoms with Crippen LogP contribution in [0.3, 0.4) is 0 Å². The highest BCUT2D eigenvalue weighted by Gasteiger charge is 2.55. The lowest BCUT2D eigenvalue weighted by atomic mass is 9.65. The second-order valence-electron chi connectivity index (χ2n) is 7.33. The van der Waals surface area contributed by atoms with Gasteiger partial charge in [0.2, 0.25) is 0 Å². The number of aliphatic hydroxyl groups excluding tert-OH is 1. The van der Waals surface area contributed by atoms with Gasteiger partial charge in [-0.3, -0.25) is 0 Å². The minimum Gasteiger partial charge on any atom is -0.490 e. The lowest BCUT2D eigenvalue weighted by molar-refractivity contribution is -0.0583. The van der Waals surface area contributed by atoms with E-state index in [0.717, 1.165) is 24.5 Å². The van der Waals surface area contributed by atoms with Gasteiger partial charge in [-0.15, -0.1) is 0 Å². The number of likely N-dealkylation sites (N-methyl/N-ethyl adjacent to an activating group) is 1. The molecule has 1 aromatic carbocycles. The van der Waals surface area contributed by atoms with E-state index in [1.807, 2.05) is 19.1 Å². The van der Waals surface area contributed by atoms with Crippen LogP contribution in [0.5, 0.6) is 11.5 Å². The van der Waals surface area contributed by atoms with E-state index in [-0.39, 0.29) is 6.10 Å². The van der Waals surface area contributed by atoms with Gasteiger partial charge in [-0.05, 0) is 37.9 Å².